The van der Waals surface area contributed by atoms with E-state index < -0.39 is 0 Å². The van der Waals surface area contributed by atoms with E-state index in [1.807, 2.05) is 48.5 Å². The highest BCUT2D eigenvalue weighted by Gasteiger charge is 2.11. The fourth-order valence-electron chi connectivity index (χ4n) is 2.80. The molecule has 3 aromatic carbocycles. The molecule has 1 N–H and O–H groups in total. The Kier molecular flexibility index (Phi) is 6.27. The summed E-state index contributed by atoms with van der Waals surface area (Å²) >= 11 is 0. The SMILES string of the molecule is COc1cc(C#N)ccc1OCC(=O)Nc1ccccc1Cc1ccccc1. The van der Waals surface area contributed by atoms with Crippen molar-refractivity contribution in [3.05, 3.63) is 89.5 Å². The number of benzene rings is 3. The summed E-state index contributed by atoms with van der Waals surface area (Å²) in [5, 5.41) is 11.9. The van der Waals surface area contributed by atoms with Crippen LogP contribution in [0.25, 0.3) is 0 Å². The van der Waals surface area contributed by atoms with Gasteiger partial charge in [-0.15, -0.1) is 0 Å². The van der Waals surface area contributed by atoms with Gasteiger partial charge in [0.05, 0.1) is 18.7 Å². The number of anilines is 1. The van der Waals surface area contributed by atoms with Crippen LogP contribution >= 0.6 is 0 Å². The topological polar surface area (TPSA) is 71.3 Å². The van der Waals surface area contributed by atoms with E-state index in [2.05, 4.69) is 17.4 Å². The van der Waals surface area contributed by atoms with Crippen molar-refractivity contribution in [1.82, 2.24) is 0 Å². The molecule has 0 spiro atoms. The largest absolute Gasteiger partial charge is 0.493 e. The minimum absolute atomic E-state index is 0.165. The monoisotopic (exact) mass is 372 g/mol. The molecule has 0 unspecified atom stereocenters. The van der Waals surface area contributed by atoms with Gasteiger partial charge in [-0.05, 0) is 35.7 Å². The molecule has 1 amide bonds. The van der Waals surface area contributed by atoms with Crippen LogP contribution in [-0.4, -0.2) is 19.6 Å². The lowest BCUT2D eigenvalue weighted by molar-refractivity contribution is -0.118. The zero-order valence-corrected chi connectivity index (χ0v) is 15.5. The lowest BCUT2D eigenvalue weighted by atomic mass is 10.0. The highest BCUT2D eigenvalue weighted by Crippen LogP contribution is 2.28. The molecule has 28 heavy (non-hydrogen) atoms. The molecule has 0 fully saturated rings. The summed E-state index contributed by atoms with van der Waals surface area (Å²) in [6.45, 7) is -0.165. The fraction of sp³-hybridized carbons (Fsp3) is 0.130. The Labute approximate surface area is 164 Å². The van der Waals surface area contributed by atoms with Crippen molar-refractivity contribution < 1.29 is 14.3 Å². The van der Waals surface area contributed by atoms with Crippen LogP contribution in [-0.2, 0) is 11.2 Å². The van der Waals surface area contributed by atoms with Gasteiger partial charge in [0.15, 0.2) is 18.1 Å². The molecule has 140 valence electrons. The van der Waals surface area contributed by atoms with Crippen LogP contribution < -0.4 is 14.8 Å². The lowest BCUT2D eigenvalue weighted by Gasteiger charge is -2.13. The predicted molar refractivity (Wildman–Crippen MR) is 108 cm³/mol. The maximum absolute atomic E-state index is 12.4. The fourth-order valence-corrected chi connectivity index (χ4v) is 2.80. The summed E-state index contributed by atoms with van der Waals surface area (Å²) < 4.78 is 10.8. The molecular weight excluding hydrogens is 352 g/mol. The number of para-hydroxylation sites is 1. The molecule has 0 aliphatic heterocycles. The molecule has 0 aromatic heterocycles. The standard InChI is InChI=1S/C23H20N2O3/c1-27-22-14-18(15-24)11-12-21(22)28-16-23(26)25-20-10-6-5-9-19(20)13-17-7-3-2-4-8-17/h2-12,14H,13,16H2,1H3,(H,25,26). The van der Waals surface area contributed by atoms with Crippen LogP contribution in [0.1, 0.15) is 16.7 Å². The smallest absolute Gasteiger partial charge is 0.262 e. The first kappa shape index (κ1) is 19.0. The molecule has 5 nitrogen and oxygen atoms in total. The third-order valence-electron chi connectivity index (χ3n) is 4.18. The summed E-state index contributed by atoms with van der Waals surface area (Å²) in [6, 6.07) is 24.6. The van der Waals surface area contributed by atoms with Gasteiger partial charge in [-0.3, -0.25) is 4.79 Å². The number of hydrogen-bond acceptors (Lipinski definition) is 4. The Hall–Kier alpha value is -3.78. The van der Waals surface area contributed by atoms with Crippen molar-refractivity contribution in [2.45, 2.75) is 6.42 Å². The Balaban J connectivity index is 1.65. The van der Waals surface area contributed by atoms with Crippen LogP contribution in [0.5, 0.6) is 11.5 Å². The molecule has 0 saturated heterocycles. The number of methoxy groups -OCH3 is 1. The van der Waals surface area contributed by atoms with Gasteiger partial charge in [0, 0.05) is 11.8 Å². The summed E-state index contributed by atoms with van der Waals surface area (Å²) in [7, 11) is 1.49. The van der Waals surface area contributed by atoms with Crippen molar-refractivity contribution in [2.75, 3.05) is 19.0 Å². The molecular formula is C23H20N2O3. The van der Waals surface area contributed by atoms with Crippen LogP contribution in [0.15, 0.2) is 72.8 Å². The van der Waals surface area contributed by atoms with E-state index in [0.717, 1.165) is 17.7 Å². The van der Waals surface area contributed by atoms with Crippen molar-refractivity contribution >= 4 is 11.6 Å². The molecule has 3 rings (SSSR count). The molecule has 0 saturated carbocycles. The number of ether oxygens (including phenoxy) is 2. The number of carbonyl (C=O) groups excluding carboxylic acids is 1. The number of nitrogens with one attached hydrogen (secondary N) is 1. The average Bonchev–Trinajstić information content (AvgIpc) is 2.74. The van der Waals surface area contributed by atoms with Gasteiger partial charge in [-0.1, -0.05) is 48.5 Å². The molecule has 0 bridgehead atoms. The van der Waals surface area contributed by atoms with Gasteiger partial charge in [-0.2, -0.15) is 5.26 Å². The molecule has 3 aromatic rings. The quantitative estimate of drug-likeness (QED) is 0.675. The van der Waals surface area contributed by atoms with Crippen LogP contribution in [0.4, 0.5) is 5.69 Å². The third kappa shape index (κ3) is 4.89. The Morgan fingerprint density at radius 3 is 2.50 bits per heavy atom. The first-order valence-corrected chi connectivity index (χ1v) is 8.82. The number of carbonyl (C=O) groups is 1. The second kappa shape index (κ2) is 9.24. The Bertz CT molecular complexity index is 994. The van der Waals surface area contributed by atoms with Crippen LogP contribution in [0.3, 0.4) is 0 Å². The number of rotatable bonds is 7. The molecule has 0 aliphatic carbocycles. The van der Waals surface area contributed by atoms with Crippen molar-refractivity contribution in [2.24, 2.45) is 0 Å². The van der Waals surface area contributed by atoms with E-state index in [9.17, 15) is 4.79 Å². The summed E-state index contributed by atoms with van der Waals surface area (Å²) in [6.07, 6.45) is 0.724. The second-order valence-electron chi connectivity index (χ2n) is 6.13. The molecule has 0 atom stereocenters. The minimum Gasteiger partial charge on any atom is -0.493 e. The van der Waals surface area contributed by atoms with E-state index in [0.29, 0.717) is 17.1 Å². The maximum atomic E-state index is 12.4. The van der Waals surface area contributed by atoms with Crippen LogP contribution in [0.2, 0.25) is 0 Å². The summed E-state index contributed by atoms with van der Waals surface area (Å²) in [4.78, 5) is 12.4. The zero-order chi connectivity index (χ0) is 19.8. The maximum Gasteiger partial charge on any atom is 0.262 e. The molecule has 5 heteroatoms. The Morgan fingerprint density at radius 1 is 1.00 bits per heavy atom. The highest BCUT2D eigenvalue weighted by molar-refractivity contribution is 5.92. The highest BCUT2D eigenvalue weighted by atomic mass is 16.5. The zero-order valence-electron chi connectivity index (χ0n) is 15.5. The predicted octanol–water partition coefficient (Wildman–Crippen LogP) is 4.18. The van der Waals surface area contributed by atoms with Gasteiger partial charge in [0.25, 0.3) is 5.91 Å². The molecule has 0 heterocycles. The van der Waals surface area contributed by atoms with E-state index in [1.54, 1.807) is 18.2 Å². The summed E-state index contributed by atoms with van der Waals surface area (Å²) in [5.41, 5.74) is 3.41. The normalized spacial score (nSPS) is 10.0. The third-order valence-corrected chi connectivity index (χ3v) is 4.18. The van der Waals surface area contributed by atoms with Crippen molar-refractivity contribution in [3.8, 4) is 17.6 Å². The minimum atomic E-state index is -0.271. The number of amides is 1. The number of nitrogens with zero attached hydrogens (tertiary/aromatic N) is 1. The molecule has 0 radical (unpaired) electrons. The Morgan fingerprint density at radius 2 is 1.75 bits per heavy atom. The first-order valence-electron chi connectivity index (χ1n) is 8.82. The van der Waals surface area contributed by atoms with Gasteiger partial charge in [0.1, 0.15) is 0 Å². The summed E-state index contributed by atoms with van der Waals surface area (Å²) in [5.74, 6) is 0.553. The van der Waals surface area contributed by atoms with Crippen molar-refractivity contribution in [3.63, 3.8) is 0 Å². The average molecular weight is 372 g/mol. The van der Waals surface area contributed by atoms with Gasteiger partial charge >= 0.3 is 0 Å². The second-order valence-corrected chi connectivity index (χ2v) is 6.13. The van der Waals surface area contributed by atoms with E-state index in [-0.39, 0.29) is 12.5 Å². The lowest BCUT2D eigenvalue weighted by Crippen LogP contribution is -2.21. The first-order chi connectivity index (χ1) is 13.7. The van der Waals surface area contributed by atoms with E-state index in [1.165, 1.54) is 12.7 Å². The van der Waals surface area contributed by atoms with Crippen LogP contribution in [0, 0.1) is 11.3 Å². The van der Waals surface area contributed by atoms with E-state index in [4.69, 9.17) is 14.7 Å². The van der Waals surface area contributed by atoms with Gasteiger partial charge in [0.2, 0.25) is 0 Å². The molecule has 0 aliphatic rings. The number of nitriles is 1. The van der Waals surface area contributed by atoms with E-state index >= 15 is 0 Å². The van der Waals surface area contributed by atoms with Gasteiger partial charge < -0.3 is 14.8 Å². The number of hydrogen-bond donors (Lipinski definition) is 1. The van der Waals surface area contributed by atoms with Crippen molar-refractivity contribution in [1.29, 1.82) is 5.26 Å². The van der Waals surface area contributed by atoms with Gasteiger partial charge in [-0.25, -0.2) is 0 Å².